The number of fused-ring (bicyclic) bond motifs is 1. The van der Waals surface area contributed by atoms with Gasteiger partial charge in [0.05, 0.1) is 12.3 Å². The molecule has 2 aromatic rings. The first kappa shape index (κ1) is 16.6. The van der Waals surface area contributed by atoms with Crippen molar-refractivity contribution >= 4 is 28.1 Å². The average molecular weight is 345 g/mol. The van der Waals surface area contributed by atoms with Crippen LogP contribution in [0.4, 0.5) is 14.2 Å². The zero-order valence-corrected chi connectivity index (χ0v) is 14.9. The van der Waals surface area contributed by atoms with Gasteiger partial charge in [0.25, 0.3) is 0 Å². The van der Waals surface area contributed by atoms with Gasteiger partial charge in [-0.1, -0.05) is 6.92 Å². The van der Waals surface area contributed by atoms with Gasteiger partial charge in [0.1, 0.15) is 10.8 Å². The largest absolute Gasteiger partial charge is 0.330 e. The lowest BCUT2D eigenvalue weighted by molar-refractivity contribution is 0.224. The van der Waals surface area contributed by atoms with E-state index < -0.39 is 0 Å². The Morgan fingerprint density at radius 1 is 1.33 bits per heavy atom. The van der Waals surface area contributed by atoms with E-state index in [1.807, 2.05) is 0 Å². The molecule has 0 aliphatic carbocycles. The number of amides is 2. The van der Waals surface area contributed by atoms with Crippen molar-refractivity contribution in [3.8, 4) is 0 Å². The van der Waals surface area contributed by atoms with Crippen molar-refractivity contribution in [1.29, 1.82) is 0 Å². The molecule has 0 saturated heterocycles. The molecule has 2 heterocycles. The smallest absolute Gasteiger partial charge is 0.324 e. The Balaban J connectivity index is 2.10. The predicted molar refractivity (Wildman–Crippen MR) is 97.0 cm³/mol. The lowest BCUT2D eigenvalue weighted by Gasteiger charge is -2.24. The van der Waals surface area contributed by atoms with E-state index in [2.05, 4.69) is 13.0 Å². The van der Waals surface area contributed by atoms with Crippen LogP contribution in [0.15, 0.2) is 35.3 Å². The first-order valence-corrected chi connectivity index (χ1v) is 8.75. The number of urea groups is 1. The van der Waals surface area contributed by atoms with Crippen LogP contribution in [0.2, 0.25) is 0 Å². The molecule has 4 nitrogen and oxygen atoms in total. The molecule has 1 aliphatic rings. The van der Waals surface area contributed by atoms with Crippen molar-refractivity contribution in [2.45, 2.75) is 13.3 Å². The summed E-state index contributed by atoms with van der Waals surface area (Å²) in [6.45, 7) is 3.16. The maximum Gasteiger partial charge on any atom is 0.324 e. The number of rotatable bonds is 2. The zero-order chi connectivity index (χ0) is 17.3. The first-order chi connectivity index (χ1) is 11.5. The minimum Gasteiger partial charge on any atom is -0.330 e. The Bertz CT molecular complexity index is 780. The summed E-state index contributed by atoms with van der Waals surface area (Å²) in [4.78, 5) is 21.8. The van der Waals surface area contributed by atoms with Gasteiger partial charge < -0.3 is 4.90 Å². The number of anilines is 1. The molecule has 0 spiro atoms. The average Bonchev–Trinajstić information content (AvgIpc) is 2.91. The quantitative estimate of drug-likeness (QED) is 0.816. The number of hydrogen-bond acceptors (Lipinski definition) is 3. The summed E-state index contributed by atoms with van der Waals surface area (Å²) in [6, 6.07) is 8.42. The monoisotopic (exact) mass is 345 g/mol. The maximum absolute atomic E-state index is 13.2. The van der Waals surface area contributed by atoms with E-state index in [1.54, 1.807) is 47.4 Å². The van der Waals surface area contributed by atoms with Gasteiger partial charge in [0.15, 0.2) is 0 Å². The Labute approximate surface area is 145 Å². The molecule has 0 atom stereocenters. The Morgan fingerprint density at radius 3 is 2.67 bits per heavy atom. The molecule has 126 valence electrons. The minimum absolute atomic E-state index is 0.0451. The third-order valence-electron chi connectivity index (χ3n) is 3.94. The summed E-state index contributed by atoms with van der Waals surface area (Å²) in [5, 5.41) is 0.922. The summed E-state index contributed by atoms with van der Waals surface area (Å²) >= 11 is 1.63. The number of aliphatic imine (C=N–C) groups is 1. The van der Waals surface area contributed by atoms with E-state index in [9.17, 15) is 9.18 Å². The Kier molecular flexibility index (Phi) is 4.66. The minimum atomic E-state index is -0.267. The predicted octanol–water partition coefficient (Wildman–Crippen LogP) is 3.79. The number of carbonyl (C=O) groups excluding carboxylic acids is 1. The fraction of sp³-hybridized carbons (Fsp3) is 0.333. The topological polar surface area (TPSA) is 35.9 Å². The second kappa shape index (κ2) is 6.73. The van der Waals surface area contributed by atoms with E-state index in [0.717, 1.165) is 28.3 Å². The summed E-state index contributed by atoms with van der Waals surface area (Å²) in [7, 11) is 3.51. The SMILES string of the molecule is CCc1cc2c(s1)N(C(=O)N(C)C)CCN=C2c1ccc(F)cc1. The highest BCUT2D eigenvalue weighted by Crippen LogP contribution is 2.36. The van der Waals surface area contributed by atoms with Crippen LogP contribution in [-0.4, -0.2) is 43.8 Å². The molecular weight excluding hydrogens is 325 g/mol. The molecule has 1 aromatic carbocycles. The fourth-order valence-electron chi connectivity index (χ4n) is 2.70. The molecular formula is C18H20FN3OS. The first-order valence-electron chi connectivity index (χ1n) is 7.93. The third-order valence-corrected chi connectivity index (χ3v) is 5.24. The lowest BCUT2D eigenvalue weighted by atomic mass is 10.0. The van der Waals surface area contributed by atoms with Gasteiger partial charge in [-0.05, 0) is 36.8 Å². The van der Waals surface area contributed by atoms with E-state index in [4.69, 9.17) is 4.99 Å². The molecule has 2 amide bonds. The summed E-state index contributed by atoms with van der Waals surface area (Å²) in [5.41, 5.74) is 2.66. The number of nitrogens with zero attached hydrogens (tertiary/aromatic N) is 3. The van der Waals surface area contributed by atoms with Crippen LogP contribution in [0.5, 0.6) is 0 Å². The molecule has 6 heteroatoms. The highest BCUT2D eigenvalue weighted by molar-refractivity contribution is 7.16. The number of halogens is 1. The van der Waals surface area contributed by atoms with Crippen molar-refractivity contribution in [1.82, 2.24) is 4.90 Å². The molecule has 0 unspecified atom stereocenters. The molecule has 1 aromatic heterocycles. The second-order valence-corrected chi connectivity index (χ2v) is 6.97. The van der Waals surface area contributed by atoms with E-state index in [-0.39, 0.29) is 11.8 Å². The molecule has 0 fully saturated rings. The van der Waals surface area contributed by atoms with Crippen LogP contribution in [0.25, 0.3) is 0 Å². The molecule has 1 aliphatic heterocycles. The van der Waals surface area contributed by atoms with Gasteiger partial charge in [-0.3, -0.25) is 9.89 Å². The maximum atomic E-state index is 13.2. The van der Waals surface area contributed by atoms with Crippen molar-refractivity contribution in [3.63, 3.8) is 0 Å². The van der Waals surface area contributed by atoms with Gasteiger partial charge in [0.2, 0.25) is 0 Å². The van der Waals surface area contributed by atoms with Crippen LogP contribution >= 0.6 is 11.3 Å². The van der Waals surface area contributed by atoms with E-state index >= 15 is 0 Å². The van der Waals surface area contributed by atoms with E-state index in [1.165, 1.54) is 17.0 Å². The van der Waals surface area contributed by atoms with Crippen LogP contribution in [0.3, 0.4) is 0 Å². The fourth-order valence-corrected chi connectivity index (χ4v) is 3.82. The van der Waals surface area contributed by atoms with Gasteiger partial charge in [0, 0.05) is 36.6 Å². The number of aryl methyl sites for hydroxylation is 1. The zero-order valence-electron chi connectivity index (χ0n) is 14.0. The van der Waals surface area contributed by atoms with Gasteiger partial charge >= 0.3 is 6.03 Å². The number of thiophene rings is 1. The van der Waals surface area contributed by atoms with E-state index in [0.29, 0.717) is 13.1 Å². The van der Waals surface area contributed by atoms with Gasteiger partial charge in [-0.2, -0.15) is 0 Å². The molecule has 0 bridgehead atoms. The molecule has 0 saturated carbocycles. The van der Waals surface area contributed by atoms with Gasteiger partial charge in [-0.25, -0.2) is 9.18 Å². The summed E-state index contributed by atoms with van der Waals surface area (Å²) in [6.07, 6.45) is 0.901. The summed E-state index contributed by atoms with van der Waals surface area (Å²) in [5.74, 6) is -0.267. The number of carbonyl (C=O) groups is 1. The Hall–Kier alpha value is -2.21. The third kappa shape index (κ3) is 3.06. The highest BCUT2D eigenvalue weighted by Gasteiger charge is 2.27. The number of hydrogen-bond donors (Lipinski definition) is 0. The van der Waals surface area contributed by atoms with Crippen molar-refractivity contribution in [2.24, 2.45) is 4.99 Å². The van der Waals surface area contributed by atoms with Gasteiger partial charge in [-0.15, -0.1) is 11.3 Å². The highest BCUT2D eigenvalue weighted by atomic mass is 32.1. The standard InChI is InChI=1S/C18H20FN3OS/c1-4-14-11-15-16(12-5-7-13(19)8-6-12)20-9-10-22(17(15)24-14)18(23)21(2)3/h5-8,11H,4,9-10H2,1-3H3. The second-order valence-electron chi connectivity index (χ2n) is 5.85. The van der Waals surface area contributed by atoms with Crippen LogP contribution in [-0.2, 0) is 6.42 Å². The van der Waals surface area contributed by atoms with Crippen LogP contribution in [0.1, 0.15) is 22.9 Å². The molecule has 0 radical (unpaired) electrons. The lowest BCUT2D eigenvalue weighted by Crippen LogP contribution is -2.40. The van der Waals surface area contributed by atoms with Crippen molar-refractivity contribution in [2.75, 3.05) is 32.1 Å². The molecule has 24 heavy (non-hydrogen) atoms. The van der Waals surface area contributed by atoms with Crippen LogP contribution in [0, 0.1) is 5.82 Å². The summed E-state index contributed by atoms with van der Waals surface area (Å²) < 4.78 is 13.2. The normalized spacial score (nSPS) is 14.0. The van der Waals surface area contributed by atoms with Crippen LogP contribution < -0.4 is 4.90 Å². The molecule has 3 rings (SSSR count). The van der Waals surface area contributed by atoms with Crippen molar-refractivity contribution < 1.29 is 9.18 Å². The Morgan fingerprint density at radius 2 is 2.04 bits per heavy atom. The number of benzene rings is 1. The van der Waals surface area contributed by atoms with Crippen molar-refractivity contribution in [3.05, 3.63) is 52.2 Å². The molecule has 0 N–H and O–H groups in total.